The van der Waals surface area contributed by atoms with E-state index < -0.39 is 15.8 Å². The van der Waals surface area contributed by atoms with E-state index in [1.165, 1.54) is 6.07 Å². The number of sulfonamides is 1. The number of benzene rings is 2. The first-order valence-electron chi connectivity index (χ1n) is 4.86. The van der Waals surface area contributed by atoms with Gasteiger partial charge in [-0.3, -0.25) is 0 Å². The molecule has 0 aliphatic heterocycles. The Hall–Kier alpha value is -1.72. The average molecular weight is 251 g/mol. The molecule has 0 amide bonds. The van der Waals surface area contributed by atoms with E-state index in [2.05, 4.69) is 0 Å². The van der Waals surface area contributed by atoms with Gasteiger partial charge in [0.1, 0.15) is 5.82 Å². The number of primary sulfonamides is 1. The third-order valence-electron chi connectivity index (χ3n) is 2.33. The fourth-order valence-corrected chi connectivity index (χ4v) is 2.33. The maximum absolute atomic E-state index is 13.2. The Kier molecular flexibility index (Phi) is 2.95. The zero-order chi connectivity index (χ0) is 12.5. The van der Waals surface area contributed by atoms with Crippen LogP contribution in [0.4, 0.5) is 4.39 Å². The Bertz CT molecular complexity index is 639. The second-order valence-corrected chi connectivity index (χ2v) is 5.08. The van der Waals surface area contributed by atoms with E-state index in [0.717, 1.165) is 12.1 Å². The summed E-state index contributed by atoms with van der Waals surface area (Å²) in [4.78, 5) is -0.0786. The van der Waals surface area contributed by atoms with Gasteiger partial charge in [-0.25, -0.2) is 17.9 Å². The largest absolute Gasteiger partial charge is 0.238 e. The number of rotatable bonds is 2. The van der Waals surface area contributed by atoms with Gasteiger partial charge in [0.05, 0.1) is 4.90 Å². The molecule has 2 rings (SSSR count). The van der Waals surface area contributed by atoms with Crippen LogP contribution in [0, 0.1) is 5.82 Å². The molecule has 0 unspecified atom stereocenters. The van der Waals surface area contributed by atoms with Gasteiger partial charge in [0.15, 0.2) is 0 Å². The summed E-state index contributed by atoms with van der Waals surface area (Å²) in [5.74, 6) is -0.503. The lowest BCUT2D eigenvalue weighted by Crippen LogP contribution is -2.13. The summed E-state index contributed by atoms with van der Waals surface area (Å²) in [7, 11) is -3.87. The van der Waals surface area contributed by atoms with Crippen LogP contribution in [0.1, 0.15) is 0 Å². The molecule has 0 atom stereocenters. The van der Waals surface area contributed by atoms with E-state index in [4.69, 9.17) is 5.14 Å². The Morgan fingerprint density at radius 2 is 1.65 bits per heavy atom. The third kappa shape index (κ3) is 2.51. The monoisotopic (exact) mass is 251 g/mol. The summed E-state index contributed by atoms with van der Waals surface area (Å²) in [5, 5.41) is 5.09. The first kappa shape index (κ1) is 11.8. The number of hydrogen-bond donors (Lipinski definition) is 1. The molecule has 0 bridgehead atoms. The van der Waals surface area contributed by atoms with Crippen LogP contribution in [0.3, 0.4) is 0 Å². The lowest BCUT2D eigenvalue weighted by molar-refractivity contribution is 0.597. The highest BCUT2D eigenvalue weighted by molar-refractivity contribution is 7.89. The van der Waals surface area contributed by atoms with Gasteiger partial charge in [-0.2, -0.15) is 0 Å². The second-order valence-electron chi connectivity index (χ2n) is 3.55. The molecule has 3 nitrogen and oxygen atoms in total. The smallest absolute Gasteiger partial charge is 0.225 e. The van der Waals surface area contributed by atoms with Crippen LogP contribution in [0.2, 0.25) is 0 Å². The van der Waals surface area contributed by atoms with Crippen LogP contribution in [-0.2, 0) is 10.0 Å². The van der Waals surface area contributed by atoms with Gasteiger partial charge >= 0.3 is 0 Å². The SMILES string of the molecule is NS(=O)(=O)c1ccc(F)cc1-c1ccccc1. The predicted molar refractivity (Wildman–Crippen MR) is 63.2 cm³/mol. The maximum Gasteiger partial charge on any atom is 0.238 e. The zero-order valence-corrected chi connectivity index (χ0v) is 9.62. The molecule has 0 saturated heterocycles. The van der Waals surface area contributed by atoms with E-state index >= 15 is 0 Å². The lowest BCUT2D eigenvalue weighted by Gasteiger charge is -2.07. The topological polar surface area (TPSA) is 60.2 Å². The summed E-state index contributed by atoms with van der Waals surface area (Å²) in [5.41, 5.74) is 0.879. The Morgan fingerprint density at radius 1 is 1.00 bits per heavy atom. The van der Waals surface area contributed by atoms with Gasteiger partial charge in [0.2, 0.25) is 10.0 Å². The molecule has 2 aromatic rings. The fraction of sp³-hybridized carbons (Fsp3) is 0. The maximum atomic E-state index is 13.2. The molecular formula is C12H10FNO2S. The van der Waals surface area contributed by atoms with Crippen molar-refractivity contribution in [3.05, 3.63) is 54.3 Å². The van der Waals surface area contributed by atoms with Crippen LogP contribution < -0.4 is 5.14 Å². The summed E-state index contributed by atoms with van der Waals surface area (Å²) in [6.07, 6.45) is 0. The summed E-state index contributed by atoms with van der Waals surface area (Å²) >= 11 is 0. The van der Waals surface area contributed by atoms with E-state index in [1.54, 1.807) is 30.3 Å². The predicted octanol–water partition coefficient (Wildman–Crippen LogP) is 2.14. The van der Waals surface area contributed by atoms with E-state index in [9.17, 15) is 12.8 Å². The van der Waals surface area contributed by atoms with Crippen LogP contribution in [-0.4, -0.2) is 8.42 Å². The standard InChI is InChI=1S/C12H10FNO2S/c13-10-6-7-12(17(14,15)16)11(8-10)9-4-2-1-3-5-9/h1-8H,(H2,14,15,16). The van der Waals surface area contributed by atoms with Gasteiger partial charge in [0, 0.05) is 5.56 Å². The first-order chi connectivity index (χ1) is 7.98. The van der Waals surface area contributed by atoms with Crippen LogP contribution in [0.25, 0.3) is 11.1 Å². The molecule has 0 aliphatic carbocycles. The lowest BCUT2D eigenvalue weighted by atomic mass is 10.1. The first-order valence-corrected chi connectivity index (χ1v) is 6.41. The minimum Gasteiger partial charge on any atom is -0.225 e. The zero-order valence-electron chi connectivity index (χ0n) is 8.80. The van der Waals surface area contributed by atoms with Gasteiger partial charge in [-0.1, -0.05) is 30.3 Å². The fourth-order valence-electron chi connectivity index (χ4n) is 1.59. The second kappa shape index (κ2) is 4.27. The van der Waals surface area contributed by atoms with Crippen molar-refractivity contribution in [1.29, 1.82) is 0 Å². The molecule has 0 spiro atoms. The van der Waals surface area contributed by atoms with Gasteiger partial charge in [0.25, 0.3) is 0 Å². The Labute approximate surface area is 98.8 Å². The van der Waals surface area contributed by atoms with Crippen molar-refractivity contribution in [1.82, 2.24) is 0 Å². The molecule has 2 N–H and O–H groups in total. The third-order valence-corrected chi connectivity index (χ3v) is 3.30. The molecule has 0 radical (unpaired) electrons. The van der Waals surface area contributed by atoms with Crippen molar-refractivity contribution >= 4 is 10.0 Å². The van der Waals surface area contributed by atoms with Crippen molar-refractivity contribution in [2.75, 3.05) is 0 Å². The molecule has 0 aromatic heterocycles. The molecule has 2 aromatic carbocycles. The van der Waals surface area contributed by atoms with E-state index in [1.807, 2.05) is 0 Å². The summed E-state index contributed by atoms with van der Waals surface area (Å²) in [6.45, 7) is 0. The molecule has 0 fully saturated rings. The van der Waals surface area contributed by atoms with Crippen molar-refractivity contribution in [2.45, 2.75) is 4.90 Å². The van der Waals surface area contributed by atoms with Gasteiger partial charge < -0.3 is 0 Å². The van der Waals surface area contributed by atoms with Gasteiger partial charge in [-0.15, -0.1) is 0 Å². The van der Waals surface area contributed by atoms with E-state index in [0.29, 0.717) is 5.56 Å². The van der Waals surface area contributed by atoms with Crippen molar-refractivity contribution in [2.24, 2.45) is 5.14 Å². The Morgan fingerprint density at radius 3 is 2.24 bits per heavy atom. The molecule has 17 heavy (non-hydrogen) atoms. The normalized spacial score (nSPS) is 11.4. The number of hydrogen-bond acceptors (Lipinski definition) is 2. The van der Waals surface area contributed by atoms with Crippen LogP contribution in [0.15, 0.2) is 53.4 Å². The highest BCUT2D eigenvalue weighted by atomic mass is 32.2. The van der Waals surface area contributed by atoms with Crippen molar-refractivity contribution in [3.63, 3.8) is 0 Å². The molecule has 0 heterocycles. The Balaban J connectivity index is 2.72. The summed E-state index contributed by atoms with van der Waals surface area (Å²) < 4.78 is 36.0. The minimum absolute atomic E-state index is 0.0786. The van der Waals surface area contributed by atoms with Crippen LogP contribution >= 0.6 is 0 Å². The summed E-state index contributed by atoms with van der Waals surface area (Å²) in [6, 6.07) is 12.1. The van der Waals surface area contributed by atoms with Crippen molar-refractivity contribution < 1.29 is 12.8 Å². The average Bonchev–Trinajstić information content (AvgIpc) is 2.28. The molecule has 0 saturated carbocycles. The highest BCUT2D eigenvalue weighted by Gasteiger charge is 2.15. The molecule has 5 heteroatoms. The molecular weight excluding hydrogens is 241 g/mol. The molecule has 0 aliphatic rings. The number of nitrogens with two attached hydrogens (primary N) is 1. The van der Waals surface area contributed by atoms with E-state index in [-0.39, 0.29) is 10.5 Å². The van der Waals surface area contributed by atoms with Crippen molar-refractivity contribution in [3.8, 4) is 11.1 Å². The quantitative estimate of drug-likeness (QED) is 0.888. The number of halogens is 1. The highest BCUT2D eigenvalue weighted by Crippen LogP contribution is 2.27. The minimum atomic E-state index is -3.87. The molecule has 88 valence electrons. The van der Waals surface area contributed by atoms with Gasteiger partial charge in [-0.05, 0) is 23.8 Å². The van der Waals surface area contributed by atoms with Crippen LogP contribution in [0.5, 0.6) is 0 Å².